The first kappa shape index (κ1) is 16.6. The van der Waals surface area contributed by atoms with Gasteiger partial charge in [-0.1, -0.05) is 24.3 Å². The highest BCUT2D eigenvalue weighted by Gasteiger charge is 2.11. The Bertz CT molecular complexity index is 491. The molecular formula is C14H20N4O3. The second kappa shape index (κ2) is 9.49. The number of carbonyl (C=O) groups is 3. The van der Waals surface area contributed by atoms with Crippen LogP contribution in [-0.4, -0.2) is 31.3 Å². The molecule has 0 aliphatic rings. The van der Waals surface area contributed by atoms with E-state index in [0.717, 1.165) is 11.1 Å². The largest absolute Gasteiger partial charge is 0.359 e. The average molecular weight is 292 g/mol. The molecule has 0 radical (unpaired) electrons. The Hall–Kier alpha value is -2.41. The molecule has 0 aromatic heterocycles. The van der Waals surface area contributed by atoms with Crippen LogP contribution in [0.1, 0.15) is 17.5 Å². The van der Waals surface area contributed by atoms with Crippen LogP contribution in [0, 0.1) is 0 Å². The summed E-state index contributed by atoms with van der Waals surface area (Å²) in [6.45, 7) is 1.48. The van der Waals surface area contributed by atoms with Crippen LogP contribution in [-0.2, 0) is 27.5 Å². The van der Waals surface area contributed by atoms with Gasteiger partial charge in [0.1, 0.15) is 0 Å². The van der Waals surface area contributed by atoms with Crippen molar-refractivity contribution in [1.82, 2.24) is 16.0 Å². The van der Waals surface area contributed by atoms with Crippen molar-refractivity contribution in [2.45, 2.75) is 19.5 Å². The van der Waals surface area contributed by atoms with E-state index < -0.39 is 11.8 Å². The molecule has 1 aromatic rings. The molecule has 1 rings (SSSR count). The maximum absolute atomic E-state index is 11.6. The van der Waals surface area contributed by atoms with Crippen molar-refractivity contribution in [3.8, 4) is 0 Å². The van der Waals surface area contributed by atoms with E-state index >= 15 is 0 Å². The van der Waals surface area contributed by atoms with Gasteiger partial charge in [-0.25, -0.2) is 0 Å². The van der Waals surface area contributed by atoms with Gasteiger partial charge in [-0.05, 0) is 17.5 Å². The van der Waals surface area contributed by atoms with Crippen LogP contribution in [0.2, 0.25) is 0 Å². The summed E-state index contributed by atoms with van der Waals surface area (Å²) in [5.41, 5.74) is 7.38. The van der Waals surface area contributed by atoms with Crippen molar-refractivity contribution < 1.29 is 14.4 Å². The van der Waals surface area contributed by atoms with Crippen molar-refractivity contribution >= 4 is 18.2 Å². The zero-order valence-corrected chi connectivity index (χ0v) is 11.7. The fraction of sp³-hybridized carbons (Fsp3) is 0.357. The SMILES string of the molecule is NCc1cccc(CNC(=O)C(=O)NCCCNC=O)c1. The average Bonchev–Trinajstić information content (AvgIpc) is 2.52. The molecule has 0 fully saturated rings. The highest BCUT2D eigenvalue weighted by molar-refractivity contribution is 6.35. The Morgan fingerprint density at radius 1 is 1.10 bits per heavy atom. The van der Waals surface area contributed by atoms with Crippen LogP contribution in [0.5, 0.6) is 0 Å². The lowest BCUT2D eigenvalue weighted by atomic mass is 10.1. The molecule has 5 N–H and O–H groups in total. The Kier molecular flexibility index (Phi) is 7.52. The van der Waals surface area contributed by atoms with Gasteiger partial charge < -0.3 is 21.7 Å². The molecule has 0 aliphatic heterocycles. The first-order valence-electron chi connectivity index (χ1n) is 6.68. The number of rotatable bonds is 8. The van der Waals surface area contributed by atoms with Crippen molar-refractivity contribution in [1.29, 1.82) is 0 Å². The number of hydrogen-bond donors (Lipinski definition) is 4. The molecule has 0 unspecified atom stereocenters. The summed E-state index contributed by atoms with van der Waals surface area (Å²) >= 11 is 0. The van der Waals surface area contributed by atoms with Crippen LogP contribution in [0.15, 0.2) is 24.3 Å². The normalized spacial score (nSPS) is 9.76. The molecule has 0 atom stereocenters. The van der Waals surface area contributed by atoms with Gasteiger partial charge in [-0.2, -0.15) is 0 Å². The van der Waals surface area contributed by atoms with Gasteiger partial charge in [0, 0.05) is 26.2 Å². The predicted molar refractivity (Wildman–Crippen MR) is 77.9 cm³/mol. The number of hydrogen-bond acceptors (Lipinski definition) is 4. The van der Waals surface area contributed by atoms with Crippen LogP contribution >= 0.6 is 0 Å². The van der Waals surface area contributed by atoms with E-state index in [9.17, 15) is 14.4 Å². The number of nitrogens with two attached hydrogens (primary N) is 1. The maximum Gasteiger partial charge on any atom is 0.309 e. The second-order valence-corrected chi connectivity index (χ2v) is 4.39. The minimum absolute atomic E-state index is 0.271. The zero-order valence-electron chi connectivity index (χ0n) is 11.7. The molecule has 0 saturated heterocycles. The fourth-order valence-electron chi connectivity index (χ4n) is 1.66. The molecule has 0 aliphatic carbocycles. The number of nitrogens with one attached hydrogen (secondary N) is 3. The predicted octanol–water partition coefficient (Wildman–Crippen LogP) is -0.986. The smallest absolute Gasteiger partial charge is 0.309 e. The van der Waals surface area contributed by atoms with E-state index in [1.54, 1.807) is 0 Å². The summed E-state index contributed by atoms with van der Waals surface area (Å²) in [4.78, 5) is 33.1. The Morgan fingerprint density at radius 2 is 1.81 bits per heavy atom. The van der Waals surface area contributed by atoms with Gasteiger partial charge in [0.2, 0.25) is 6.41 Å². The quantitative estimate of drug-likeness (QED) is 0.280. The van der Waals surface area contributed by atoms with Crippen LogP contribution in [0.25, 0.3) is 0 Å². The first-order valence-corrected chi connectivity index (χ1v) is 6.68. The lowest BCUT2D eigenvalue weighted by Gasteiger charge is -2.07. The number of benzene rings is 1. The lowest BCUT2D eigenvalue weighted by Crippen LogP contribution is -2.40. The minimum Gasteiger partial charge on any atom is -0.359 e. The van der Waals surface area contributed by atoms with Crippen LogP contribution in [0.4, 0.5) is 0 Å². The molecule has 0 saturated carbocycles. The van der Waals surface area contributed by atoms with Gasteiger partial charge >= 0.3 is 11.8 Å². The molecule has 0 heterocycles. The van der Waals surface area contributed by atoms with E-state index in [1.807, 2.05) is 24.3 Å². The van der Waals surface area contributed by atoms with Gasteiger partial charge in [0.15, 0.2) is 0 Å². The highest BCUT2D eigenvalue weighted by Crippen LogP contribution is 2.03. The molecule has 21 heavy (non-hydrogen) atoms. The topological polar surface area (TPSA) is 113 Å². The summed E-state index contributed by atoms with van der Waals surface area (Å²) < 4.78 is 0. The molecule has 7 nitrogen and oxygen atoms in total. The molecule has 3 amide bonds. The first-order chi connectivity index (χ1) is 10.2. The third-order valence-electron chi connectivity index (χ3n) is 2.75. The monoisotopic (exact) mass is 292 g/mol. The van der Waals surface area contributed by atoms with Crippen molar-refractivity contribution in [2.75, 3.05) is 13.1 Å². The molecule has 7 heteroatoms. The fourth-order valence-corrected chi connectivity index (χ4v) is 1.66. The summed E-state index contributed by atoms with van der Waals surface area (Å²) in [5.74, 6) is -1.37. The summed E-state index contributed by atoms with van der Waals surface area (Å²) in [6.07, 6.45) is 1.15. The molecule has 1 aromatic carbocycles. The van der Waals surface area contributed by atoms with E-state index in [4.69, 9.17) is 5.73 Å². The summed E-state index contributed by atoms with van der Waals surface area (Å²) in [5, 5.41) is 7.48. The van der Waals surface area contributed by atoms with Crippen molar-refractivity contribution in [3.63, 3.8) is 0 Å². The van der Waals surface area contributed by atoms with E-state index in [0.29, 0.717) is 32.5 Å². The Balaban J connectivity index is 2.28. The van der Waals surface area contributed by atoms with Crippen molar-refractivity contribution in [2.24, 2.45) is 5.73 Å². The zero-order chi connectivity index (χ0) is 15.5. The van der Waals surface area contributed by atoms with Gasteiger partial charge in [-0.3, -0.25) is 14.4 Å². The highest BCUT2D eigenvalue weighted by atomic mass is 16.2. The minimum atomic E-state index is -0.684. The lowest BCUT2D eigenvalue weighted by molar-refractivity contribution is -0.139. The van der Waals surface area contributed by atoms with Gasteiger partial charge in [-0.15, -0.1) is 0 Å². The van der Waals surface area contributed by atoms with Gasteiger partial charge in [0.05, 0.1) is 0 Å². The standard InChI is InChI=1S/C14H20N4O3/c15-8-11-3-1-4-12(7-11)9-18-14(21)13(20)17-6-2-5-16-10-19/h1,3-4,7,10H,2,5-6,8-9,15H2,(H,16,19)(H,17,20)(H,18,21). The Labute approximate surface area is 123 Å². The van der Waals surface area contributed by atoms with Crippen LogP contribution < -0.4 is 21.7 Å². The Morgan fingerprint density at radius 3 is 2.52 bits per heavy atom. The molecule has 114 valence electrons. The van der Waals surface area contributed by atoms with E-state index in [1.165, 1.54) is 0 Å². The number of amides is 3. The van der Waals surface area contributed by atoms with Crippen molar-refractivity contribution in [3.05, 3.63) is 35.4 Å². The van der Waals surface area contributed by atoms with E-state index in [-0.39, 0.29) is 6.54 Å². The number of carbonyl (C=O) groups excluding carboxylic acids is 3. The summed E-state index contributed by atoms with van der Waals surface area (Å²) in [7, 11) is 0. The third kappa shape index (κ3) is 6.53. The maximum atomic E-state index is 11.6. The third-order valence-corrected chi connectivity index (χ3v) is 2.75. The summed E-state index contributed by atoms with van der Waals surface area (Å²) in [6, 6.07) is 7.47. The molecule has 0 spiro atoms. The second-order valence-electron chi connectivity index (χ2n) is 4.39. The van der Waals surface area contributed by atoms with E-state index in [2.05, 4.69) is 16.0 Å². The molecular weight excluding hydrogens is 272 g/mol. The molecule has 0 bridgehead atoms. The van der Waals surface area contributed by atoms with Gasteiger partial charge in [0.25, 0.3) is 0 Å². The van der Waals surface area contributed by atoms with Crippen LogP contribution in [0.3, 0.4) is 0 Å².